The molecule has 0 aliphatic carbocycles. The van der Waals surface area contributed by atoms with Crippen molar-refractivity contribution in [2.45, 2.75) is 19.9 Å². The summed E-state index contributed by atoms with van der Waals surface area (Å²) in [6.45, 7) is 4.46. The van der Waals surface area contributed by atoms with Gasteiger partial charge in [-0.3, -0.25) is 4.79 Å². The molecule has 2 N–H and O–H groups in total. The predicted molar refractivity (Wildman–Crippen MR) is 71.7 cm³/mol. The highest BCUT2D eigenvalue weighted by molar-refractivity contribution is 5.84. The van der Waals surface area contributed by atoms with E-state index < -0.39 is 6.04 Å². The highest BCUT2D eigenvalue weighted by Gasteiger charge is 2.15. The molecule has 0 aromatic carbocycles. The van der Waals surface area contributed by atoms with Gasteiger partial charge in [0.05, 0.1) is 12.2 Å². The minimum atomic E-state index is -0.474. The second kappa shape index (κ2) is 7.34. The average molecular weight is 262 g/mol. The van der Waals surface area contributed by atoms with Crippen molar-refractivity contribution < 1.29 is 9.53 Å². The first-order chi connectivity index (χ1) is 9.10. The zero-order valence-corrected chi connectivity index (χ0v) is 11.4. The van der Waals surface area contributed by atoms with Crippen LogP contribution in [-0.2, 0) is 9.53 Å². The van der Waals surface area contributed by atoms with Gasteiger partial charge in [0, 0.05) is 19.9 Å². The molecule has 0 aliphatic heterocycles. The molecule has 0 saturated heterocycles. The van der Waals surface area contributed by atoms with Crippen LogP contribution in [0.2, 0.25) is 0 Å². The van der Waals surface area contributed by atoms with Crippen molar-refractivity contribution in [1.82, 2.24) is 10.3 Å². The van der Waals surface area contributed by atoms with E-state index in [-0.39, 0.29) is 5.91 Å². The van der Waals surface area contributed by atoms with Crippen LogP contribution in [-0.4, -0.2) is 37.2 Å². The molecule has 1 atom stereocenters. The Hall–Kier alpha value is -2.13. The molecule has 6 heteroatoms. The van der Waals surface area contributed by atoms with Crippen LogP contribution >= 0.6 is 0 Å². The standard InChI is InChI=1S/C13H18N4O2/c1-9-4-5-15-12(11(9)8-14)17-10(2)13(18)16-6-7-19-3/h4-5,10H,6-7H2,1-3H3,(H,15,17)(H,16,18). The summed E-state index contributed by atoms with van der Waals surface area (Å²) in [7, 11) is 1.57. The lowest BCUT2D eigenvalue weighted by Gasteiger charge is -2.15. The lowest BCUT2D eigenvalue weighted by atomic mass is 10.1. The largest absolute Gasteiger partial charge is 0.383 e. The van der Waals surface area contributed by atoms with Crippen LogP contribution in [0, 0.1) is 18.3 Å². The van der Waals surface area contributed by atoms with Gasteiger partial charge in [0.25, 0.3) is 0 Å². The van der Waals surface area contributed by atoms with Crippen LogP contribution in [0.15, 0.2) is 12.3 Å². The Labute approximate surface area is 112 Å². The van der Waals surface area contributed by atoms with Crippen LogP contribution in [0.1, 0.15) is 18.1 Å². The SMILES string of the molecule is COCCNC(=O)C(C)Nc1nccc(C)c1C#N. The minimum Gasteiger partial charge on any atom is -0.383 e. The number of rotatable bonds is 6. The molecule has 0 saturated carbocycles. The Morgan fingerprint density at radius 1 is 1.63 bits per heavy atom. The van der Waals surface area contributed by atoms with Crippen molar-refractivity contribution in [2.24, 2.45) is 0 Å². The molecule has 0 fully saturated rings. The van der Waals surface area contributed by atoms with Crippen molar-refractivity contribution in [3.8, 4) is 6.07 Å². The molecule has 0 spiro atoms. The highest BCUT2D eigenvalue weighted by atomic mass is 16.5. The number of carbonyl (C=O) groups is 1. The molecular weight excluding hydrogens is 244 g/mol. The van der Waals surface area contributed by atoms with Gasteiger partial charge >= 0.3 is 0 Å². The summed E-state index contributed by atoms with van der Waals surface area (Å²) in [4.78, 5) is 15.9. The number of nitrogens with zero attached hydrogens (tertiary/aromatic N) is 2. The summed E-state index contributed by atoms with van der Waals surface area (Å²) < 4.78 is 4.85. The molecule has 0 aliphatic rings. The number of hydrogen-bond acceptors (Lipinski definition) is 5. The van der Waals surface area contributed by atoms with Crippen molar-refractivity contribution in [3.63, 3.8) is 0 Å². The molecule has 1 heterocycles. The molecule has 1 amide bonds. The van der Waals surface area contributed by atoms with E-state index in [0.717, 1.165) is 5.56 Å². The monoisotopic (exact) mass is 262 g/mol. The second-order valence-electron chi connectivity index (χ2n) is 4.11. The lowest BCUT2D eigenvalue weighted by Crippen LogP contribution is -2.39. The van der Waals surface area contributed by atoms with Gasteiger partial charge in [-0.05, 0) is 25.5 Å². The summed E-state index contributed by atoms with van der Waals surface area (Å²) in [6.07, 6.45) is 1.61. The number of aromatic nitrogens is 1. The number of nitriles is 1. The summed E-state index contributed by atoms with van der Waals surface area (Å²) >= 11 is 0. The van der Waals surface area contributed by atoms with Gasteiger partial charge in [0.2, 0.25) is 5.91 Å². The second-order valence-corrected chi connectivity index (χ2v) is 4.11. The first-order valence-electron chi connectivity index (χ1n) is 5.99. The first kappa shape index (κ1) is 14.9. The predicted octanol–water partition coefficient (Wildman–Crippen LogP) is 0.825. The van der Waals surface area contributed by atoms with E-state index in [1.807, 2.05) is 6.92 Å². The van der Waals surface area contributed by atoms with E-state index in [2.05, 4.69) is 21.7 Å². The molecule has 1 unspecified atom stereocenters. The number of pyridine rings is 1. The summed E-state index contributed by atoms with van der Waals surface area (Å²) in [5.41, 5.74) is 1.28. The zero-order valence-electron chi connectivity index (χ0n) is 11.4. The third kappa shape index (κ3) is 4.23. The van der Waals surface area contributed by atoms with Crippen LogP contribution in [0.5, 0.6) is 0 Å². The Morgan fingerprint density at radius 2 is 2.37 bits per heavy atom. The fraction of sp³-hybridized carbons (Fsp3) is 0.462. The molecular formula is C13H18N4O2. The molecule has 6 nitrogen and oxygen atoms in total. The Balaban J connectivity index is 2.67. The number of carbonyl (C=O) groups excluding carboxylic acids is 1. The van der Waals surface area contributed by atoms with Crippen molar-refractivity contribution in [1.29, 1.82) is 5.26 Å². The van der Waals surface area contributed by atoms with Crippen molar-refractivity contribution in [2.75, 3.05) is 25.6 Å². The quantitative estimate of drug-likeness (QED) is 0.741. The maximum atomic E-state index is 11.8. The number of ether oxygens (including phenoxy) is 1. The van der Waals surface area contributed by atoms with E-state index in [0.29, 0.717) is 24.5 Å². The van der Waals surface area contributed by atoms with Gasteiger partial charge in [-0.25, -0.2) is 4.98 Å². The third-order valence-corrected chi connectivity index (χ3v) is 2.62. The van der Waals surface area contributed by atoms with E-state index in [4.69, 9.17) is 10.00 Å². The first-order valence-corrected chi connectivity index (χ1v) is 5.99. The fourth-order valence-corrected chi connectivity index (χ4v) is 1.51. The zero-order chi connectivity index (χ0) is 14.3. The number of nitrogens with one attached hydrogen (secondary N) is 2. The van der Waals surface area contributed by atoms with E-state index >= 15 is 0 Å². The van der Waals surface area contributed by atoms with Gasteiger partial charge in [0.1, 0.15) is 17.9 Å². The average Bonchev–Trinajstić information content (AvgIpc) is 2.39. The minimum absolute atomic E-state index is 0.163. The van der Waals surface area contributed by atoms with E-state index in [9.17, 15) is 4.79 Å². The van der Waals surface area contributed by atoms with Crippen molar-refractivity contribution in [3.05, 3.63) is 23.4 Å². The van der Waals surface area contributed by atoms with Crippen LogP contribution < -0.4 is 10.6 Å². The van der Waals surface area contributed by atoms with Gasteiger partial charge < -0.3 is 15.4 Å². The molecule has 0 radical (unpaired) electrons. The van der Waals surface area contributed by atoms with Crippen LogP contribution in [0.4, 0.5) is 5.82 Å². The molecule has 1 aromatic rings. The Kier molecular flexibility index (Phi) is 5.76. The topological polar surface area (TPSA) is 87.0 Å². The normalized spacial score (nSPS) is 11.5. The molecule has 102 valence electrons. The van der Waals surface area contributed by atoms with E-state index in [1.54, 1.807) is 26.3 Å². The van der Waals surface area contributed by atoms with Crippen molar-refractivity contribution >= 4 is 11.7 Å². The van der Waals surface area contributed by atoms with Gasteiger partial charge in [0.15, 0.2) is 0 Å². The molecule has 0 bridgehead atoms. The Morgan fingerprint density at radius 3 is 3.00 bits per heavy atom. The molecule has 1 aromatic heterocycles. The third-order valence-electron chi connectivity index (χ3n) is 2.62. The maximum Gasteiger partial charge on any atom is 0.242 e. The summed E-state index contributed by atoms with van der Waals surface area (Å²) in [6, 6.07) is 3.37. The number of anilines is 1. The smallest absolute Gasteiger partial charge is 0.242 e. The molecule has 19 heavy (non-hydrogen) atoms. The number of hydrogen-bond donors (Lipinski definition) is 2. The van der Waals surface area contributed by atoms with Gasteiger partial charge in [-0.2, -0.15) is 5.26 Å². The highest BCUT2D eigenvalue weighted by Crippen LogP contribution is 2.15. The number of amides is 1. The lowest BCUT2D eigenvalue weighted by molar-refractivity contribution is -0.121. The summed E-state index contributed by atoms with van der Waals surface area (Å²) in [5, 5.41) is 14.7. The maximum absolute atomic E-state index is 11.8. The Bertz CT molecular complexity index is 482. The number of aryl methyl sites for hydroxylation is 1. The number of methoxy groups -OCH3 is 1. The van der Waals surface area contributed by atoms with Crippen LogP contribution in [0.3, 0.4) is 0 Å². The van der Waals surface area contributed by atoms with E-state index in [1.165, 1.54) is 0 Å². The molecule has 1 rings (SSSR count). The van der Waals surface area contributed by atoms with Gasteiger partial charge in [-0.1, -0.05) is 0 Å². The fourth-order valence-electron chi connectivity index (χ4n) is 1.51. The summed E-state index contributed by atoms with van der Waals surface area (Å²) in [5.74, 6) is 0.265. The van der Waals surface area contributed by atoms with Crippen LogP contribution in [0.25, 0.3) is 0 Å². The van der Waals surface area contributed by atoms with Gasteiger partial charge in [-0.15, -0.1) is 0 Å².